The maximum Gasteiger partial charge on any atom is 0.417 e. The Morgan fingerprint density at radius 3 is 2.69 bits per heavy atom. The Morgan fingerprint density at radius 2 is 2.15 bits per heavy atom. The molecule has 0 aromatic carbocycles. The van der Waals surface area contributed by atoms with Gasteiger partial charge in [0.25, 0.3) is 0 Å². The van der Waals surface area contributed by atoms with Crippen LogP contribution in [0.4, 0.5) is 13.2 Å². The second-order valence-corrected chi connectivity index (χ2v) is 7.12. The molecule has 0 aliphatic heterocycles. The zero-order valence-electron chi connectivity index (χ0n) is 14.1. The number of thioether (sulfide) groups is 1. The Labute approximate surface area is 152 Å². The third kappa shape index (κ3) is 4.78. The number of pyridine rings is 1. The molecule has 0 saturated heterocycles. The number of ketones is 1. The van der Waals surface area contributed by atoms with E-state index < -0.39 is 29.5 Å². The minimum Gasteiger partial charge on any atom is -0.511 e. The van der Waals surface area contributed by atoms with Gasteiger partial charge in [0, 0.05) is 24.4 Å². The van der Waals surface area contributed by atoms with E-state index in [4.69, 9.17) is 4.74 Å². The second-order valence-electron chi connectivity index (χ2n) is 6.08. The molecule has 0 radical (unpaired) electrons. The predicted octanol–water partition coefficient (Wildman–Crippen LogP) is 3.65. The number of aromatic nitrogens is 1. The van der Waals surface area contributed by atoms with Crippen molar-refractivity contribution in [2.24, 2.45) is 17.8 Å². The Hall–Kier alpha value is -2.03. The van der Waals surface area contributed by atoms with Crippen molar-refractivity contribution >= 4 is 23.5 Å². The highest BCUT2D eigenvalue weighted by molar-refractivity contribution is 7.99. The molecule has 1 aliphatic carbocycles. The summed E-state index contributed by atoms with van der Waals surface area (Å²) in [5.41, 5.74) is -0.825. The average molecular weight is 389 g/mol. The van der Waals surface area contributed by atoms with Gasteiger partial charge in [0.2, 0.25) is 0 Å². The summed E-state index contributed by atoms with van der Waals surface area (Å²) in [6, 6.07) is 2.23. The van der Waals surface area contributed by atoms with Crippen LogP contribution < -0.4 is 0 Å². The number of esters is 1. The molecular weight excluding hydrogens is 371 g/mol. The molecule has 0 saturated carbocycles. The highest BCUT2D eigenvalue weighted by atomic mass is 32.2. The molecule has 1 aliphatic rings. The highest BCUT2D eigenvalue weighted by Gasteiger charge is 2.40. The van der Waals surface area contributed by atoms with Gasteiger partial charge < -0.3 is 9.84 Å². The third-order valence-electron chi connectivity index (χ3n) is 4.24. The molecule has 0 spiro atoms. The Morgan fingerprint density at radius 1 is 1.46 bits per heavy atom. The standard InChI is InChI=1S/C17H18F3NO4S/c1-9(8-26-14-4-3-10(7-21-14)17(18,19)20)12-5-11(22)6-13(23)15(12)16(24)25-2/h3-4,6-7,9,12,15,23H,5,8H2,1-2H3. The maximum absolute atomic E-state index is 12.6. The van der Waals surface area contributed by atoms with E-state index in [1.165, 1.54) is 24.9 Å². The van der Waals surface area contributed by atoms with Crippen molar-refractivity contribution in [2.45, 2.75) is 24.5 Å². The normalized spacial score (nSPS) is 21.9. The summed E-state index contributed by atoms with van der Waals surface area (Å²) in [7, 11) is 1.20. The number of rotatable bonds is 5. The molecule has 26 heavy (non-hydrogen) atoms. The molecule has 0 amide bonds. The first-order valence-electron chi connectivity index (χ1n) is 7.80. The number of nitrogens with zero attached hydrogens (tertiary/aromatic N) is 1. The fourth-order valence-corrected chi connectivity index (χ4v) is 3.78. The minimum atomic E-state index is -4.44. The molecule has 0 bridgehead atoms. The number of methoxy groups -OCH3 is 1. The zero-order chi connectivity index (χ0) is 19.5. The van der Waals surface area contributed by atoms with Gasteiger partial charge in [-0.3, -0.25) is 9.59 Å². The summed E-state index contributed by atoms with van der Waals surface area (Å²) in [5, 5.41) is 10.4. The maximum atomic E-state index is 12.6. The fourth-order valence-electron chi connectivity index (χ4n) is 2.81. The predicted molar refractivity (Wildman–Crippen MR) is 88.5 cm³/mol. The van der Waals surface area contributed by atoms with Gasteiger partial charge in [-0.15, -0.1) is 11.8 Å². The summed E-state index contributed by atoms with van der Waals surface area (Å²) < 4.78 is 42.4. The van der Waals surface area contributed by atoms with Gasteiger partial charge >= 0.3 is 12.1 Å². The van der Waals surface area contributed by atoms with Gasteiger partial charge in [-0.25, -0.2) is 4.98 Å². The molecule has 0 fully saturated rings. The van der Waals surface area contributed by atoms with E-state index in [1.54, 1.807) is 0 Å². The molecule has 142 valence electrons. The number of hydrogen-bond donors (Lipinski definition) is 1. The number of carbonyl (C=O) groups is 2. The number of carbonyl (C=O) groups excluding carboxylic acids is 2. The van der Waals surface area contributed by atoms with Crippen LogP contribution in [-0.2, 0) is 20.5 Å². The molecule has 1 aromatic rings. The lowest BCUT2D eigenvalue weighted by Crippen LogP contribution is -2.36. The van der Waals surface area contributed by atoms with Crippen LogP contribution in [0.2, 0.25) is 0 Å². The minimum absolute atomic E-state index is 0.0893. The number of alkyl halides is 3. The van der Waals surface area contributed by atoms with Crippen molar-refractivity contribution in [1.82, 2.24) is 4.98 Å². The largest absolute Gasteiger partial charge is 0.511 e. The summed E-state index contributed by atoms with van der Waals surface area (Å²) >= 11 is 1.22. The molecule has 1 aromatic heterocycles. The van der Waals surface area contributed by atoms with E-state index in [1.807, 2.05) is 6.92 Å². The Balaban J connectivity index is 2.06. The summed E-state index contributed by atoms with van der Waals surface area (Å²) in [5.74, 6) is -2.37. The van der Waals surface area contributed by atoms with Crippen molar-refractivity contribution in [3.63, 3.8) is 0 Å². The molecular formula is C17H18F3NO4S. The van der Waals surface area contributed by atoms with Crippen LogP contribution in [0.5, 0.6) is 0 Å². The van der Waals surface area contributed by atoms with Gasteiger partial charge in [0.15, 0.2) is 5.78 Å². The fraction of sp³-hybridized carbons (Fsp3) is 0.471. The number of ether oxygens (including phenoxy) is 1. The lowest BCUT2D eigenvalue weighted by Gasteiger charge is -2.31. The van der Waals surface area contributed by atoms with Gasteiger partial charge in [0.1, 0.15) is 11.7 Å². The summed E-state index contributed by atoms with van der Waals surface area (Å²) in [6.07, 6.45) is -2.55. The summed E-state index contributed by atoms with van der Waals surface area (Å²) in [4.78, 5) is 27.5. The zero-order valence-corrected chi connectivity index (χ0v) is 14.9. The molecule has 1 N–H and O–H groups in total. The Kier molecular flexibility index (Phi) is 6.33. The van der Waals surface area contributed by atoms with Crippen LogP contribution in [-0.4, -0.2) is 34.7 Å². The third-order valence-corrected chi connectivity index (χ3v) is 5.47. The number of hydrogen-bond acceptors (Lipinski definition) is 6. The van der Waals surface area contributed by atoms with Crippen LogP contribution >= 0.6 is 11.8 Å². The summed E-state index contributed by atoms with van der Waals surface area (Å²) in [6.45, 7) is 1.81. The van der Waals surface area contributed by atoms with E-state index in [0.717, 1.165) is 18.3 Å². The van der Waals surface area contributed by atoms with Crippen molar-refractivity contribution < 1.29 is 32.6 Å². The van der Waals surface area contributed by atoms with Gasteiger partial charge in [0.05, 0.1) is 17.7 Å². The second kappa shape index (κ2) is 8.11. The van der Waals surface area contributed by atoms with Crippen LogP contribution in [0.1, 0.15) is 18.9 Å². The van der Waals surface area contributed by atoms with Crippen molar-refractivity contribution in [1.29, 1.82) is 0 Å². The first-order valence-corrected chi connectivity index (χ1v) is 8.79. The van der Waals surface area contributed by atoms with E-state index in [9.17, 15) is 27.9 Å². The quantitative estimate of drug-likeness (QED) is 0.612. The van der Waals surface area contributed by atoms with Crippen molar-refractivity contribution in [3.8, 4) is 0 Å². The van der Waals surface area contributed by atoms with Crippen LogP contribution in [0.15, 0.2) is 35.2 Å². The Bertz CT molecular complexity index is 703. The van der Waals surface area contributed by atoms with Gasteiger partial charge in [-0.1, -0.05) is 6.92 Å². The number of aliphatic hydroxyl groups excluding tert-OH is 1. The number of halogens is 3. The SMILES string of the molecule is COC(=O)C1C(O)=CC(=O)CC1C(C)CSc1ccc(C(F)(F)F)cn1. The lowest BCUT2D eigenvalue weighted by atomic mass is 9.75. The van der Waals surface area contributed by atoms with Crippen LogP contribution in [0, 0.1) is 17.8 Å². The van der Waals surface area contributed by atoms with E-state index >= 15 is 0 Å². The first-order chi connectivity index (χ1) is 12.1. The lowest BCUT2D eigenvalue weighted by molar-refractivity contribution is -0.148. The van der Waals surface area contributed by atoms with Crippen LogP contribution in [0.25, 0.3) is 0 Å². The smallest absolute Gasteiger partial charge is 0.417 e. The van der Waals surface area contributed by atoms with Gasteiger partial charge in [-0.2, -0.15) is 13.2 Å². The first kappa shape index (κ1) is 20.3. The van der Waals surface area contributed by atoms with Crippen molar-refractivity contribution in [3.05, 3.63) is 35.7 Å². The van der Waals surface area contributed by atoms with E-state index in [2.05, 4.69) is 4.98 Å². The van der Waals surface area contributed by atoms with E-state index in [0.29, 0.717) is 10.8 Å². The molecule has 5 nitrogen and oxygen atoms in total. The topological polar surface area (TPSA) is 76.5 Å². The number of aliphatic hydroxyl groups is 1. The van der Waals surface area contributed by atoms with Crippen LogP contribution in [0.3, 0.4) is 0 Å². The van der Waals surface area contributed by atoms with Crippen molar-refractivity contribution in [2.75, 3.05) is 12.9 Å². The molecule has 2 rings (SSSR count). The highest BCUT2D eigenvalue weighted by Crippen LogP contribution is 2.37. The molecule has 3 atom stereocenters. The average Bonchev–Trinajstić information content (AvgIpc) is 2.58. The molecule has 3 unspecified atom stereocenters. The monoisotopic (exact) mass is 389 g/mol. The molecule has 9 heteroatoms. The van der Waals surface area contributed by atoms with E-state index in [-0.39, 0.29) is 23.9 Å². The van der Waals surface area contributed by atoms with Gasteiger partial charge in [-0.05, 0) is 24.0 Å². The molecule has 1 heterocycles. The number of allylic oxidation sites excluding steroid dienone is 1.